The number of rotatable bonds is 7. The molecule has 0 amide bonds. The second-order valence-electron chi connectivity index (χ2n) is 14.6. The predicted octanol–water partition coefficient (Wildman–Crippen LogP) is 4.22. The van der Waals surface area contributed by atoms with Crippen molar-refractivity contribution in [2.24, 2.45) is 39.9 Å². The maximum absolute atomic E-state index is 12.5. The number of hydroxylamine groups is 2. The molecule has 1 heterocycles. The number of fused-ring (bicyclic) bond motifs is 7. The first-order chi connectivity index (χ1) is 20.6. The Balaban J connectivity index is 1.28. The van der Waals surface area contributed by atoms with Gasteiger partial charge >= 0.3 is 0 Å². The van der Waals surface area contributed by atoms with Crippen molar-refractivity contribution in [3.63, 3.8) is 0 Å². The summed E-state index contributed by atoms with van der Waals surface area (Å²) in [5.41, 5.74) is 0.208. The molecule has 0 radical (unpaired) electrons. The number of hydrogen-bond acceptors (Lipinski definition) is 8. The van der Waals surface area contributed by atoms with Crippen molar-refractivity contribution >= 4 is 5.78 Å². The zero-order valence-corrected chi connectivity index (χ0v) is 25.9. The van der Waals surface area contributed by atoms with E-state index in [0.29, 0.717) is 43.3 Å². The van der Waals surface area contributed by atoms with Crippen LogP contribution >= 0.6 is 0 Å². The van der Waals surface area contributed by atoms with Crippen LogP contribution in [0.4, 0.5) is 0 Å². The lowest BCUT2D eigenvalue weighted by Gasteiger charge is -2.66. The molecule has 1 saturated heterocycles. The van der Waals surface area contributed by atoms with Crippen molar-refractivity contribution in [1.29, 1.82) is 0 Å². The van der Waals surface area contributed by atoms with Crippen LogP contribution in [0.5, 0.6) is 11.5 Å². The summed E-state index contributed by atoms with van der Waals surface area (Å²) in [6, 6.07) is 5.84. The summed E-state index contributed by atoms with van der Waals surface area (Å²) >= 11 is 0. The monoisotopic (exact) mass is 593 g/mol. The van der Waals surface area contributed by atoms with Crippen molar-refractivity contribution in [3.05, 3.63) is 47.6 Å². The average molecular weight is 594 g/mol. The second kappa shape index (κ2) is 10.1. The normalized spacial score (nSPS) is 42.8. The molecule has 5 aliphatic carbocycles. The van der Waals surface area contributed by atoms with Crippen LogP contribution < -0.4 is 9.47 Å². The molecule has 43 heavy (non-hydrogen) atoms. The number of aliphatic hydroxyl groups excluding tert-OH is 3. The summed E-state index contributed by atoms with van der Waals surface area (Å²) in [6.45, 7) is 5.23. The number of carbonyl (C=O) groups is 1. The highest BCUT2D eigenvalue weighted by Gasteiger charge is 2.82. The third-order valence-corrected chi connectivity index (χ3v) is 13.0. The van der Waals surface area contributed by atoms with Gasteiger partial charge in [0.05, 0.1) is 26.9 Å². The summed E-state index contributed by atoms with van der Waals surface area (Å²) in [4.78, 5) is 19.5. The first-order valence-electron chi connectivity index (χ1n) is 16.1. The topological polar surface area (TPSA) is 109 Å². The molecule has 1 aromatic carbocycles. The number of benzene rings is 1. The minimum Gasteiger partial charge on any atom is -0.493 e. The van der Waals surface area contributed by atoms with Crippen molar-refractivity contribution in [2.75, 3.05) is 27.4 Å². The lowest BCUT2D eigenvalue weighted by molar-refractivity contribution is -0.311. The van der Waals surface area contributed by atoms with Gasteiger partial charge < -0.3 is 24.8 Å². The highest BCUT2D eigenvalue weighted by Crippen LogP contribution is 2.81. The van der Waals surface area contributed by atoms with Gasteiger partial charge in [0.2, 0.25) is 0 Å². The van der Waals surface area contributed by atoms with Crippen molar-refractivity contribution in [3.8, 4) is 11.5 Å². The Labute approximate surface area is 254 Å². The molecule has 8 heteroatoms. The van der Waals surface area contributed by atoms with E-state index in [4.69, 9.17) is 14.3 Å². The van der Waals surface area contributed by atoms with Gasteiger partial charge in [-0.1, -0.05) is 37.6 Å². The highest BCUT2D eigenvalue weighted by molar-refractivity contribution is 5.91. The fourth-order valence-electron chi connectivity index (χ4n) is 11.3. The van der Waals surface area contributed by atoms with Gasteiger partial charge in [-0.05, 0) is 79.5 Å². The fourth-order valence-corrected chi connectivity index (χ4v) is 11.3. The van der Waals surface area contributed by atoms with E-state index in [9.17, 15) is 20.1 Å². The molecule has 1 aliphatic heterocycles. The van der Waals surface area contributed by atoms with Crippen LogP contribution in [0.25, 0.3) is 0 Å². The highest BCUT2D eigenvalue weighted by atomic mass is 16.7. The number of ketones is 1. The van der Waals surface area contributed by atoms with Crippen LogP contribution in [0.15, 0.2) is 42.0 Å². The second-order valence-corrected chi connectivity index (χ2v) is 14.6. The van der Waals surface area contributed by atoms with Crippen LogP contribution in [0.2, 0.25) is 0 Å². The Morgan fingerprint density at radius 3 is 2.56 bits per heavy atom. The maximum Gasteiger partial charge on any atom is 0.161 e. The third kappa shape index (κ3) is 3.89. The average Bonchev–Trinajstić information content (AvgIpc) is 3.76. The first-order valence-corrected chi connectivity index (χ1v) is 16.1. The van der Waals surface area contributed by atoms with Gasteiger partial charge in [-0.15, -0.1) is 0 Å². The number of hydrogen-bond donors (Lipinski definition) is 3. The summed E-state index contributed by atoms with van der Waals surface area (Å²) in [5.74, 6) is 2.16. The van der Waals surface area contributed by atoms with E-state index in [0.717, 1.165) is 37.7 Å². The van der Waals surface area contributed by atoms with Crippen LogP contribution in [0, 0.1) is 39.9 Å². The Hall–Kier alpha value is -2.23. The molecule has 0 spiro atoms. The molecular formula is C35H47NO7. The van der Waals surface area contributed by atoms with E-state index in [2.05, 4.69) is 26.0 Å². The van der Waals surface area contributed by atoms with Crippen molar-refractivity contribution in [2.45, 2.75) is 83.1 Å². The van der Waals surface area contributed by atoms with Crippen molar-refractivity contribution in [1.82, 2.24) is 5.06 Å². The molecule has 7 rings (SSSR count). The minimum atomic E-state index is -1.08. The molecule has 234 valence electrons. The number of carbonyl (C=O) groups excluding carboxylic acids is 1. The molecule has 8 nitrogen and oxygen atoms in total. The maximum atomic E-state index is 12.5. The standard InChI is InChI=1S/C35H47NO7/c1-32-14-13-25(38)10-8-22(32)9-11-26-31(32)27(39)17-33(2)34(26,23-6-7-23)16-24-19-36(43-35(24,33)30(40)20-37)18-21-5-12-28(41-3)29(15-21)42-4/h5,8,12-15,23-24,26-27,30-31,37,39-40H,6-7,9-11,16-20H2,1-4H3. The molecule has 0 bridgehead atoms. The predicted molar refractivity (Wildman–Crippen MR) is 160 cm³/mol. The number of methoxy groups -OCH3 is 2. The number of nitrogens with zero attached hydrogens (tertiary/aromatic N) is 1. The number of ether oxygens (including phenoxy) is 2. The van der Waals surface area contributed by atoms with Crippen LogP contribution in [-0.2, 0) is 16.2 Å². The molecule has 3 N–H and O–H groups in total. The zero-order chi connectivity index (χ0) is 30.4. The molecular weight excluding hydrogens is 546 g/mol. The molecule has 4 saturated carbocycles. The van der Waals surface area contributed by atoms with Gasteiger partial charge in [-0.3, -0.25) is 9.63 Å². The largest absolute Gasteiger partial charge is 0.493 e. The lowest BCUT2D eigenvalue weighted by atomic mass is 9.39. The molecule has 5 fully saturated rings. The van der Waals surface area contributed by atoms with Gasteiger partial charge in [-0.2, -0.15) is 5.06 Å². The first kappa shape index (κ1) is 29.5. The Morgan fingerprint density at radius 2 is 1.86 bits per heavy atom. The van der Waals surface area contributed by atoms with E-state index in [1.165, 1.54) is 5.57 Å². The molecule has 6 aliphatic rings. The number of allylic oxidation sites excluding steroid dienone is 4. The SMILES string of the molecule is COc1ccc(CN2CC3CC4(C5CC5)C5CCC6=CCC(=O)C=CC6(C)C5C(O)CC4(C)C3(C(O)CO)O2)cc1OC. The van der Waals surface area contributed by atoms with Gasteiger partial charge in [0, 0.05) is 42.2 Å². The van der Waals surface area contributed by atoms with E-state index in [1.54, 1.807) is 20.3 Å². The quantitative estimate of drug-likeness (QED) is 0.404. The Kier molecular flexibility index (Phi) is 6.95. The van der Waals surface area contributed by atoms with E-state index < -0.39 is 29.8 Å². The summed E-state index contributed by atoms with van der Waals surface area (Å²) in [6.07, 6.45) is 10.3. The Morgan fingerprint density at radius 1 is 1.09 bits per heavy atom. The zero-order valence-electron chi connectivity index (χ0n) is 25.9. The van der Waals surface area contributed by atoms with Gasteiger partial charge in [0.1, 0.15) is 11.7 Å². The Bertz CT molecular complexity index is 1360. The van der Waals surface area contributed by atoms with E-state index in [1.807, 2.05) is 23.3 Å². The molecule has 1 aromatic rings. The lowest BCUT2D eigenvalue weighted by Crippen LogP contribution is -2.68. The van der Waals surface area contributed by atoms with Crippen LogP contribution in [0.1, 0.15) is 64.4 Å². The number of aliphatic hydroxyl groups is 3. The summed E-state index contributed by atoms with van der Waals surface area (Å²) in [5, 5.41) is 36.5. The fraction of sp³-hybridized carbons (Fsp3) is 0.686. The minimum absolute atomic E-state index is 0.00217. The van der Waals surface area contributed by atoms with Gasteiger partial charge in [-0.25, -0.2) is 0 Å². The van der Waals surface area contributed by atoms with Crippen molar-refractivity contribution < 1.29 is 34.4 Å². The van der Waals surface area contributed by atoms with Gasteiger partial charge in [0.15, 0.2) is 17.3 Å². The van der Waals surface area contributed by atoms with Crippen LogP contribution in [0.3, 0.4) is 0 Å². The van der Waals surface area contributed by atoms with E-state index >= 15 is 0 Å². The summed E-state index contributed by atoms with van der Waals surface area (Å²) < 4.78 is 11.0. The summed E-state index contributed by atoms with van der Waals surface area (Å²) in [7, 11) is 3.24. The van der Waals surface area contributed by atoms with E-state index in [-0.39, 0.29) is 34.4 Å². The molecule has 9 unspecified atom stereocenters. The smallest absolute Gasteiger partial charge is 0.161 e. The molecule has 0 aromatic heterocycles. The van der Waals surface area contributed by atoms with Crippen LogP contribution in [-0.4, -0.2) is 71.3 Å². The van der Waals surface area contributed by atoms with Gasteiger partial charge in [0.25, 0.3) is 0 Å². The third-order valence-electron chi connectivity index (χ3n) is 13.0. The molecule has 9 atom stereocenters.